The fourth-order valence-corrected chi connectivity index (χ4v) is 2.71. The van der Waals surface area contributed by atoms with Crippen LogP contribution < -0.4 is 10.8 Å². The van der Waals surface area contributed by atoms with Crippen LogP contribution >= 0.6 is 38.5 Å². The molecule has 2 rings (SSSR count). The van der Waals surface area contributed by atoms with E-state index in [1.165, 1.54) is 18.2 Å². The highest BCUT2D eigenvalue weighted by molar-refractivity contribution is 14.1. The monoisotopic (exact) mass is 546 g/mol. The Labute approximate surface area is 167 Å². The minimum atomic E-state index is -1.84. The predicted octanol–water partition coefficient (Wildman–Crippen LogP) is 3.19. The molecule has 4 N–H and O–H groups in total. The van der Waals surface area contributed by atoms with Crippen LogP contribution in [0.25, 0.3) is 0 Å². The average Bonchev–Trinajstić information content (AvgIpc) is 2.56. The van der Waals surface area contributed by atoms with Crippen LogP contribution in [0.15, 0.2) is 28.7 Å². The summed E-state index contributed by atoms with van der Waals surface area (Å²) in [6, 6.07) is 4.97. The fraction of sp³-hybridized carbons (Fsp3) is 0.133. The lowest BCUT2D eigenvalue weighted by atomic mass is 10.1. The van der Waals surface area contributed by atoms with Gasteiger partial charge in [-0.25, -0.2) is 18.7 Å². The van der Waals surface area contributed by atoms with Crippen molar-refractivity contribution in [1.82, 2.24) is 5.48 Å². The molecule has 0 heterocycles. The lowest BCUT2D eigenvalue weighted by Gasteiger charge is -2.15. The summed E-state index contributed by atoms with van der Waals surface area (Å²) >= 11 is 4.66. The molecule has 0 saturated heterocycles. The first-order valence-electron chi connectivity index (χ1n) is 6.88. The van der Waals surface area contributed by atoms with Crippen LogP contribution in [0.2, 0.25) is 0 Å². The quantitative estimate of drug-likeness (QED) is 0.193. The number of hydrogen-bond donors (Lipinski definition) is 4. The van der Waals surface area contributed by atoms with Crippen molar-refractivity contribution in [2.75, 3.05) is 11.9 Å². The Balaban J connectivity index is 2.39. The van der Waals surface area contributed by atoms with Gasteiger partial charge in [0, 0.05) is 3.57 Å². The van der Waals surface area contributed by atoms with Crippen LogP contribution in [0.4, 0.5) is 24.5 Å². The first-order valence-corrected chi connectivity index (χ1v) is 8.75. The summed E-state index contributed by atoms with van der Waals surface area (Å²) in [7, 11) is 0. The predicted molar refractivity (Wildman–Crippen MR) is 98.1 cm³/mol. The van der Waals surface area contributed by atoms with Gasteiger partial charge in [0.15, 0.2) is 17.9 Å². The number of benzene rings is 2. The second kappa shape index (κ2) is 8.99. The van der Waals surface area contributed by atoms with E-state index in [0.29, 0.717) is 3.57 Å². The van der Waals surface area contributed by atoms with Gasteiger partial charge in [-0.15, -0.1) is 0 Å². The topological polar surface area (TPSA) is 90.8 Å². The van der Waals surface area contributed by atoms with Crippen LogP contribution in [0.3, 0.4) is 0 Å². The zero-order valence-electron chi connectivity index (χ0n) is 12.7. The molecule has 0 fully saturated rings. The number of rotatable bonds is 6. The third-order valence-electron chi connectivity index (χ3n) is 2.99. The van der Waals surface area contributed by atoms with Gasteiger partial charge in [-0.1, -0.05) is 0 Å². The zero-order valence-corrected chi connectivity index (χ0v) is 16.4. The van der Waals surface area contributed by atoms with Gasteiger partial charge < -0.3 is 15.5 Å². The number of anilines is 2. The summed E-state index contributed by atoms with van der Waals surface area (Å²) in [5.41, 5.74) is 0.660. The molecule has 2 aromatic rings. The van der Waals surface area contributed by atoms with E-state index in [2.05, 4.69) is 26.1 Å². The minimum absolute atomic E-state index is 0.174. The second-order valence-electron chi connectivity index (χ2n) is 4.88. The largest absolute Gasteiger partial charge is 0.366 e. The molecular weight excluding hydrogens is 536 g/mol. The molecule has 0 bridgehead atoms. The molecule has 0 spiro atoms. The molecule has 140 valence electrons. The number of hydroxylamine groups is 1. The maximum atomic E-state index is 14.3. The number of nitrogens with one attached hydrogen (secondary N) is 2. The molecule has 0 aliphatic heterocycles. The van der Waals surface area contributed by atoms with Crippen molar-refractivity contribution < 1.29 is 33.0 Å². The highest BCUT2D eigenvalue weighted by Crippen LogP contribution is 2.32. The highest BCUT2D eigenvalue weighted by Gasteiger charge is 2.23. The van der Waals surface area contributed by atoms with Gasteiger partial charge >= 0.3 is 0 Å². The SMILES string of the molecule is O=C(NOCC(O)O)c1cc(Br)c(F)c(F)c1Nc1ccc(I)cc1F. The van der Waals surface area contributed by atoms with Crippen molar-refractivity contribution in [1.29, 1.82) is 0 Å². The fourth-order valence-electron chi connectivity index (χ4n) is 1.86. The normalized spacial score (nSPS) is 10.9. The van der Waals surface area contributed by atoms with Crippen LogP contribution in [0, 0.1) is 21.0 Å². The molecule has 6 nitrogen and oxygen atoms in total. The highest BCUT2D eigenvalue weighted by atomic mass is 127. The Morgan fingerprint density at radius 1 is 1.23 bits per heavy atom. The van der Waals surface area contributed by atoms with E-state index < -0.39 is 47.5 Å². The zero-order chi connectivity index (χ0) is 19.4. The Morgan fingerprint density at radius 2 is 1.92 bits per heavy atom. The maximum absolute atomic E-state index is 14.3. The number of carbonyl (C=O) groups excluding carboxylic acids is 1. The third-order valence-corrected chi connectivity index (χ3v) is 4.24. The van der Waals surface area contributed by atoms with Crippen molar-refractivity contribution >= 4 is 55.8 Å². The molecule has 11 heteroatoms. The summed E-state index contributed by atoms with van der Waals surface area (Å²) in [6.45, 7) is -0.648. The summed E-state index contributed by atoms with van der Waals surface area (Å²) in [4.78, 5) is 16.7. The van der Waals surface area contributed by atoms with E-state index in [1.54, 1.807) is 0 Å². The number of aliphatic hydroxyl groups excluding tert-OH is 1. The standard InChI is InChI=1S/C15H11BrF3IN2O4/c16-8-4-7(15(25)22-26-5-11(23)24)14(13(19)12(8)18)21-10-2-1-6(20)3-9(10)17/h1-4,11,21,23-24H,5H2,(H,22,25). The smallest absolute Gasteiger partial charge is 0.277 e. The van der Waals surface area contributed by atoms with Gasteiger partial charge in [-0.3, -0.25) is 9.63 Å². The van der Waals surface area contributed by atoms with Crippen LogP contribution in [-0.4, -0.2) is 29.0 Å². The second-order valence-corrected chi connectivity index (χ2v) is 6.98. The van der Waals surface area contributed by atoms with Gasteiger partial charge in [0.25, 0.3) is 5.91 Å². The molecule has 0 radical (unpaired) electrons. The van der Waals surface area contributed by atoms with E-state index in [4.69, 9.17) is 10.2 Å². The molecule has 0 aliphatic rings. The van der Waals surface area contributed by atoms with Crippen molar-refractivity contribution in [2.24, 2.45) is 0 Å². The maximum Gasteiger partial charge on any atom is 0.277 e. The molecule has 0 saturated carbocycles. The van der Waals surface area contributed by atoms with Gasteiger partial charge in [0.1, 0.15) is 12.4 Å². The van der Waals surface area contributed by atoms with E-state index in [1.807, 2.05) is 28.1 Å². The van der Waals surface area contributed by atoms with Crippen molar-refractivity contribution in [3.8, 4) is 0 Å². The summed E-state index contributed by atoms with van der Waals surface area (Å²) in [5.74, 6) is -4.43. The van der Waals surface area contributed by atoms with E-state index in [9.17, 15) is 18.0 Å². The number of carbonyl (C=O) groups is 1. The lowest BCUT2D eigenvalue weighted by molar-refractivity contribution is -0.111. The number of aliphatic hydroxyl groups is 2. The molecule has 1 amide bonds. The van der Waals surface area contributed by atoms with E-state index in [-0.39, 0.29) is 10.2 Å². The van der Waals surface area contributed by atoms with Crippen molar-refractivity contribution in [2.45, 2.75) is 6.29 Å². The van der Waals surface area contributed by atoms with E-state index >= 15 is 0 Å². The van der Waals surface area contributed by atoms with Gasteiger partial charge in [0.2, 0.25) is 0 Å². The molecule has 0 atom stereocenters. The Bertz CT molecular complexity index is 839. The first kappa shape index (κ1) is 20.9. The lowest BCUT2D eigenvalue weighted by Crippen LogP contribution is -2.29. The third kappa shape index (κ3) is 5.07. The van der Waals surface area contributed by atoms with Crippen molar-refractivity contribution in [3.05, 3.63) is 55.3 Å². The molecule has 26 heavy (non-hydrogen) atoms. The molecule has 0 unspecified atom stereocenters. The van der Waals surface area contributed by atoms with Crippen LogP contribution in [0.5, 0.6) is 0 Å². The first-order chi connectivity index (χ1) is 12.2. The van der Waals surface area contributed by atoms with Gasteiger partial charge in [-0.2, -0.15) is 0 Å². The number of amides is 1. The van der Waals surface area contributed by atoms with E-state index in [0.717, 1.165) is 6.07 Å². The summed E-state index contributed by atoms with van der Waals surface area (Å²) in [6.07, 6.45) is -1.84. The summed E-state index contributed by atoms with van der Waals surface area (Å²) < 4.78 is 42.5. The molecule has 0 aliphatic carbocycles. The van der Waals surface area contributed by atoms with Crippen molar-refractivity contribution in [3.63, 3.8) is 0 Å². The van der Waals surface area contributed by atoms with Crippen LogP contribution in [0.1, 0.15) is 10.4 Å². The number of halogens is 5. The summed E-state index contributed by atoms with van der Waals surface area (Å²) in [5, 5.41) is 19.7. The van der Waals surface area contributed by atoms with Gasteiger partial charge in [-0.05, 0) is 62.8 Å². The minimum Gasteiger partial charge on any atom is -0.366 e. The molecule has 2 aromatic carbocycles. The van der Waals surface area contributed by atoms with Crippen LogP contribution in [-0.2, 0) is 4.84 Å². The van der Waals surface area contributed by atoms with Gasteiger partial charge in [0.05, 0.1) is 21.4 Å². The Hall–Kier alpha value is -1.41. The molecule has 0 aromatic heterocycles. The number of hydrogen-bond acceptors (Lipinski definition) is 5. The molecular formula is C15H11BrF3IN2O4. The average molecular weight is 547 g/mol. The Morgan fingerprint density at radius 3 is 2.54 bits per heavy atom. The Kier molecular flexibility index (Phi) is 7.23.